The fraction of sp³-hybridized carbons (Fsp3) is 0.133. The minimum atomic E-state index is -4.68. The Morgan fingerprint density at radius 3 is 2.14 bits per heavy atom. The lowest BCUT2D eigenvalue weighted by molar-refractivity contribution is -0.274. The molecule has 0 heterocycles. The minimum Gasteiger partial charge on any atom is -0.406 e. The van der Waals surface area contributed by atoms with Crippen molar-refractivity contribution in [1.82, 2.24) is 0 Å². The molecule has 0 spiro atoms. The van der Waals surface area contributed by atoms with E-state index in [1.54, 1.807) is 12.1 Å². The monoisotopic (exact) mass is 292 g/mol. The number of ether oxygens (including phenoxy) is 1. The van der Waals surface area contributed by atoms with Crippen LogP contribution in [0.3, 0.4) is 0 Å². The number of alkyl halides is 3. The highest BCUT2D eigenvalue weighted by atomic mass is 19.4. The summed E-state index contributed by atoms with van der Waals surface area (Å²) < 4.78 is 39.8. The highest BCUT2D eigenvalue weighted by Crippen LogP contribution is 2.24. The zero-order chi connectivity index (χ0) is 15.3. The topological polar surface area (TPSA) is 45.0 Å². The number of anilines is 1. The van der Waals surface area contributed by atoms with Gasteiger partial charge < -0.3 is 10.1 Å². The van der Waals surface area contributed by atoms with E-state index < -0.39 is 6.36 Å². The number of hydrogen-bond acceptors (Lipinski definition) is 3. The summed E-state index contributed by atoms with van der Waals surface area (Å²) >= 11 is 0. The van der Waals surface area contributed by atoms with E-state index in [2.05, 4.69) is 10.1 Å². The lowest BCUT2D eigenvalue weighted by Crippen LogP contribution is -2.17. The first-order chi connectivity index (χ1) is 9.96. The van der Waals surface area contributed by atoms with Crippen molar-refractivity contribution >= 4 is 5.69 Å². The van der Waals surface area contributed by atoms with Crippen LogP contribution in [0.2, 0.25) is 0 Å². The van der Waals surface area contributed by atoms with Gasteiger partial charge in [0.25, 0.3) is 0 Å². The predicted octanol–water partition coefficient (Wildman–Crippen LogP) is 4.07. The van der Waals surface area contributed by atoms with Gasteiger partial charge in [0.15, 0.2) is 0 Å². The number of halogens is 3. The molecule has 2 rings (SSSR count). The van der Waals surface area contributed by atoms with Crippen LogP contribution in [-0.4, -0.2) is 6.36 Å². The van der Waals surface area contributed by atoms with Gasteiger partial charge in [-0.1, -0.05) is 12.1 Å². The van der Waals surface area contributed by atoms with Gasteiger partial charge in [0.1, 0.15) is 5.75 Å². The molecule has 3 nitrogen and oxygen atoms in total. The van der Waals surface area contributed by atoms with Gasteiger partial charge in [0.2, 0.25) is 0 Å². The van der Waals surface area contributed by atoms with Crippen molar-refractivity contribution in [2.75, 3.05) is 5.32 Å². The highest BCUT2D eigenvalue weighted by Gasteiger charge is 2.30. The third-order valence-electron chi connectivity index (χ3n) is 2.67. The maximum atomic E-state index is 12.0. The maximum Gasteiger partial charge on any atom is 0.573 e. The smallest absolute Gasteiger partial charge is 0.406 e. The molecule has 6 heteroatoms. The van der Waals surface area contributed by atoms with Crippen molar-refractivity contribution in [3.05, 3.63) is 59.7 Å². The van der Waals surface area contributed by atoms with E-state index in [4.69, 9.17) is 5.26 Å². The molecule has 0 aliphatic heterocycles. The van der Waals surface area contributed by atoms with Gasteiger partial charge in [-0.25, -0.2) is 0 Å². The summed E-state index contributed by atoms with van der Waals surface area (Å²) in [5.74, 6) is -0.258. The highest BCUT2D eigenvalue weighted by molar-refractivity contribution is 5.47. The van der Waals surface area contributed by atoms with Gasteiger partial charge in [-0.05, 0) is 42.0 Å². The Morgan fingerprint density at radius 2 is 1.62 bits per heavy atom. The zero-order valence-corrected chi connectivity index (χ0v) is 10.8. The van der Waals surface area contributed by atoms with Gasteiger partial charge in [-0.15, -0.1) is 13.2 Å². The van der Waals surface area contributed by atoms with Crippen LogP contribution in [0.25, 0.3) is 0 Å². The molecule has 0 radical (unpaired) electrons. The van der Waals surface area contributed by atoms with Crippen LogP contribution in [0.15, 0.2) is 48.5 Å². The van der Waals surface area contributed by atoms with Crippen LogP contribution in [0.1, 0.15) is 11.1 Å². The third-order valence-corrected chi connectivity index (χ3v) is 2.67. The zero-order valence-electron chi connectivity index (χ0n) is 10.8. The van der Waals surface area contributed by atoms with Crippen molar-refractivity contribution in [2.24, 2.45) is 0 Å². The van der Waals surface area contributed by atoms with E-state index in [1.807, 2.05) is 18.2 Å². The Kier molecular flexibility index (Phi) is 4.33. The van der Waals surface area contributed by atoms with E-state index >= 15 is 0 Å². The van der Waals surface area contributed by atoms with Gasteiger partial charge in [-0.2, -0.15) is 5.26 Å². The fourth-order valence-corrected chi connectivity index (χ4v) is 1.68. The molecule has 0 aromatic heterocycles. The fourth-order valence-electron chi connectivity index (χ4n) is 1.68. The molecule has 2 aromatic rings. The Hall–Kier alpha value is -2.68. The first-order valence-corrected chi connectivity index (χ1v) is 6.05. The summed E-state index contributed by atoms with van der Waals surface area (Å²) in [6.45, 7) is 0.505. The summed E-state index contributed by atoms with van der Waals surface area (Å²) in [5.41, 5.74) is 2.21. The Labute approximate surface area is 119 Å². The minimum absolute atomic E-state index is 0.258. The lowest BCUT2D eigenvalue weighted by Gasteiger charge is -2.10. The van der Waals surface area contributed by atoms with Crippen molar-refractivity contribution in [1.29, 1.82) is 5.26 Å². The number of nitrogens with zero attached hydrogens (tertiary/aromatic N) is 1. The largest absolute Gasteiger partial charge is 0.573 e. The van der Waals surface area contributed by atoms with Crippen LogP contribution < -0.4 is 10.1 Å². The normalized spacial score (nSPS) is 10.8. The van der Waals surface area contributed by atoms with Gasteiger partial charge in [0.05, 0.1) is 11.6 Å². The van der Waals surface area contributed by atoms with Gasteiger partial charge in [-0.3, -0.25) is 0 Å². The van der Waals surface area contributed by atoms with Gasteiger partial charge in [0, 0.05) is 12.2 Å². The number of nitrogens with one attached hydrogen (secondary N) is 1. The van der Waals surface area contributed by atoms with E-state index in [1.165, 1.54) is 24.3 Å². The molecule has 0 amide bonds. The Morgan fingerprint density at radius 1 is 1.00 bits per heavy atom. The van der Waals surface area contributed by atoms with Crippen LogP contribution >= 0.6 is 0 Å². The molecule has 0 aliphatic rings. The molecule has 1 N–H and O–H groups in total. The molecule has 21 heavy (non-hydrogen) atoms. The molecule has 2 aromatic carbocycles. The average molecular weight is 292 g/mol. The number of nitriles is 1. The van der Waals surface area contributed by atoms with Crippen molar-refractivity contribution < 1.29 is 17.9 Å². The second-order valence-corrected chi connectivity index (χ2v) is 4.23. The molecule has 108 valence electrons. The third kappa shape index (κ3) is 4.73. The molecule has 0 atom stereocenters. The SMILES string of the molecule is N#Cc1ccc(CNc2ccc(OC(F)(F)F)cc2)cc1. The number of rotatable bonds is 4. The second-order valence-electron chi connectivity index (χ2n) is 4.23. The summed E-state index contributed by atoms with van der Waals surface area (Å²) in [7, 11) is 0. The van der Waals surface area contributed by atoms with Crippen LogP contribution in [0.4, 0.5) is 18.9 Å². The van der Waals surface area contributed by atoms with E-state index in [0.29, 0.717) is 17.8 Å². The lowest BCUT2D eigenvalue weighted by atomic mass is 10.1. The number of benzene rings is 2. The second kappa shape index (κ2) is 6.18. The maximum absolute atomic E-state index is 12.0. The quantitative estimate of drug-likeness (QED) is 0.924. The average Bonchev–Trinajstić information content (AvgIpc) is 2.45. The standard InChI is InChI=1S/C15H11F3N2O/c16-15(17,18)21-14-7-5-13(6-8-14)20-10-12-3-1-11(9-19)2-4-12/h1-8,20H,10H2. The summed E-state index contributed by atoms with van der Waals surface area (Å²) in [4.78, 5) is 0. The van der Waals surface area contributed by atoms with Crippen molar-refractivity contribution in [3.63, 3.8) is 0 Å². The van der Waals surface area contributed by atoms with Crippen LogP contribution in [0, 0.1) is 11.3 Å². The first kappa shape index (κ1) is 14.7. The van der Waals surface area contributed by atoms with Crippen LogP contribution in [0.5, 0.6) is 5.75 Å². The van der Waals surface area contributed by atoms with E-state index in [9.17, 15) is 13.2 Å². The summed E-state index contributed by atoms with van der Waals surface area (Å²) in [6, 6.07) is 14.6. The van der Waals surface area contributed by atoms with Crippen molar-refractivity contribution in [3.8, 4) is 11.8 Å². The molecule has 0 saturated carbocycles. The molecule has 0 saturated heterocycles. The van der Waals surface area contributed by atoms with Crippen molar-refractivity contribution in [2.45, 2.75) is 12.9 Å². The van der Waals surface area contributed by atoms with Gasteiger partial charge >= 0.3 is 6.36 Å². The predicted molar refractivity (Wildman–Crippen MR) is 71.6 cm³/mol. The molecular weight excluding hydrogens is 281 g/mol. The molecule has 0 unspecified atom stereocenters. The van der Waals surface area contributed by atoms with E-state index in [-0.39, 0.29) is 5.75 Å². The molecular formula is C15H11F3N2O. The van der Waals surface area contributed by atoms with E-state index in [0.717, 1.165) is 5.56 Å². The molecule has 0 bridgehead atoms. The molecule has 0 fully saturated rings. The molecule has 0 aliphatic carbocycles. The van der Waals surface area contributed by atoms with Crippen LogP contribution in [-0.2, 0) is 6.54 Å². The summed E-state index contributed by atoms with van der Waals surface area (Å²) in [6.07, 6.45) is -4.68. The Bertz CT molecular complexity index is 628. The Balaban J connectivity index is 1.92. The first-order valence-electron chi connectivity index (χ1n) is 6.05. The number of hydrogen-bond donors (Lipinski definition) is 1. The summed E-state index contributed by atoms with van der Waals surface area (Å²) in [5, 5.41) is 11.8.